The Labute approximate surface area is 183 Å². The number of aromatic nitrogens is 4. The smallest absolute Gasteiger partial charge is 0.284 e. The number of carbonyl (C=O) groups excluding carboxylic acids is 1. The molecule has 31 heavy (non-hydrogen) atoms. The molecule has 1 fully saturated rings. The minimum Gasteiger partial charge on any atom is -0.311 e. The maximum absolute atomic E-state index is 13.2. The highest BCUT2D eigenvalue weighted by Gasteiger charge is 2.21. The van der Waals surface area contributed by atoms with Crippen molar-refractivity contribution in [2.45, 2.75) is 48.2 Å². The fourth-order valence-corrected chi connectivity index (χ4v) is 4.44. The maximum atomic E-state index is 13.2. The lowest BCUT2D eigenvalue weighted by Gasteiger charge is -2.17. The topological polar surface area (TPSA) is 108 Å². The molecule has 10 heteroatoms. The van der Waals surface area contributed by atoms with E-state index in [2.05, 4.69) is 10.2 Å². The predicted molar refractivity (Wildman–Crippen MR) is 115 cm³/mol. The molecular formula is C21H22N6O3S. The molecule has 0 saturated heterocycles. The molecule has 1 aliphatic carbocycles. The minimum absolute atomic E-state index is 0.152. The molecule has 0 unspecified atom stereocenters. The summed E-state index contributed by atoms with van der Waals surface area (Å²) in [6.45, 7) is 0. The van der Waals surface area contributed by atoms with E-state index in [1.807, 2.05) is 6.07 Å². The van der Waals surface area contributed by atoms with Gasteiger partial charge in [-0.05, 0) is 48.9 Å². The summed E-state index contributed by atoms with van der Waals surface area (Å²) in [7, 11) is 1.76. The van der Waals surface area contributed by atoms with Crippen molar-refractivity contribution in [2.24, 2.45) is 12.0 Å². The van der Waals surface area contributed by atoms with Crippen LogP contribution in [0.3, 0.4) is 0 Å². The molecule has 0 aliphatic heterocycles. The van der Waals surface area contributed by atoms with Crippen LogP contribution in [0, 0.1) is 10.1 Å². The molecule has 3 aromatic rings. The highest BCUT2D eigenvalue weighted by Crippen LogP contribution is 2.34. The van der Waals surface area contributed by atoms with E-state index in [9.17, 15) is 14.9 Å². The van der Waals surface area contributed by atoms with Gasteiger partial charge in [-0.25, -0.2) is 0 Å². The summed E-state index contributed by atoms with van der Waals surface area (Å²) in [4.78, 5) is 29.6. The van der Waals surface area contributed by atoms with Gasteiger partial charge in [0.15, 0.2) is 5.16 Å². The fraction of sp³-hybridized carbons (Fsp3) is 0.333. The second-order valence-corrected chi connectivity index (χ2v) is 8.43. The molecule has 1 aromatic carbocycles. The molecule has 0 spiro atoms. The van der Waals surface area contributed by atoms with Crippen LogP contribution in [0.1, 0.15) is 42.5 Å². The second kappa shape index (κ2) is 9.25. The maximum Gasteiger partial charge on any atom is 0.284 e. The van der Waals surface area contributed by atoms with Crippen LogP contribution in [-0.4, -0.2) is 36.2 Å². The van der Waals surface area contributed by atoms with E-state index >= 15 is 0 Å². The van der Waals surface area contributed by atoms with Crippen LogP contribution in [0.2, 0.25) is 0 Å². The summed E-state index contributed by atoms with van der Waals surface area (Å²) < 4.78 is 3.13. The minimum atomic E-state index is -0.488. The van der Waals surface area contributed by atoms with E-state index in [1.165, 1.54) is 23.4 Å². The summed E-state index contributed by atoms with van der Waals surface area (Å²) in [5, 5.41) is 20.0. The first-order valence-corrected chi connectivity index (χ1v) is 10.9. The van der Waals surface area contributed by atoms with Crippen molar-refractivity contribution >= 4 is 23.4 Å². The van der Waals surface area contributed by atoms with Gasteiger partial charge in [0.1, 0.15) is 11.8 Å². The van der Waals surface area contributed by atoms with Crippen molar-refractivity contribution in [3.8, 4) is 0 Å². The monoisotopic (exact) mass is 438 g/mol. The van der Waals surface area contributed by atoms with Crippen molar-refractivity contribution in [2.75, 3.05) is 0 Å². The van der Waals surface area contributed by atoms with E-state index in [-0.39, 0.29) is 23.2 Å². The average molecular weight is 439 g/mol. The summed E-state index contributed by atoms with van der Waals surface area (Å²) in [5.74, 6) is -0.353. The Balaban J connectivity index is 1.68. The second-order valence-electron chi connectivity index (χ2n) is 7.42. The van der Waals surface area contributed by atoms with Crippen molar-refractivity contribution < 1.29 is 9.72 Å². The van der Waals surface area contributed by atoms with Gasteiger partial charge >= 0.3 is 0 Å². The average Bonchev–Trinajstić information content (AvgIpc) is 3.19. The number of nitro groups is 1. The first kappa shape index (κ1) is 21.0. The number of rotatable bonds is 5. The van der Waals surface area contributed by atoms with E-state index in [4.69, 9.17) is 4.99 Å². The van der Waals surface area contributed by atoms with Gasteiger partial charge in [0.2, 0.25) is 0 Å². The molecule has 0 bridgehead atoms. The van der Waals surface area contributed by atoms with E-state index < -0.39 is 4.92 Å². The third kappa shape index (κ3) is 4.74. The molecular weight excluding hydrogens is 416 g/mol. The fourth-order valence-electron chi connectivity index (χ4n) is 3.59. The predicted octanol–water partition coefficient (Wildman–Crippen LogP) is 3.60. The van der Waals surface area contributed by atoms with Gasteiger partial charge in [-0.3, -0.25) is 24.5 Å². The first-order chi connectivity index (χ1) is 15.0. The molecule has 4 rings (SSSR count). The molecule has 1 aliphatic rings. The number of nitrogens with zero attached hydrogens (tertiary/aromatic N) is 6. The molecule has 0 amide bonds. The summed E-state index contributed by atoms with van der Waals surface area (Å²) in [5.41, 5.74) is 0.644. The van der Waals surface area contributed by atoms with Gasteiger partial charge in [0.05, 0.1) is 15.9 Å². The van der Waals surface area contributed by atoms with Crippen molar-refractivity contribution in [1.29, 1.82) is 0 Å². The largest absolute Gasteiger partial charge is 0.311 e. The molecule has 0 radical (unpaired) electrons. The van der Waals surface area contributed by atoms with Crippen molar-refractivity contribution in [1.82, 2.24) is 19.3 Å². The summed E-state index contributed by atoms with van der Waals surface area (Å²) >= 11 is 1.13. The van der Waals surface area contributed by atoms with Gasteiger partial charge in [0.25, 0.3) is 11.6 Å². The molecule has 9 nitrogen and oxygen atoms in total. The van der Waals surface area contributed by atoms with Crippen LogP contribution in [-0.2, 0) is 7.05 Å². The molecule has 160 valence electrons. The lowest BCUT2D eigenvalue weighted by atomic mass is 9.96. The van der Waals surface area contributed by atoms with Gasteiger partial charge in [-0.1, -0.05) is 25.3 Å². The highest BCUT2D eigenvalue weighted by molar-refractivity contribution is 7.99. The molecule has 2 aromatic heterocycles. The Morgan fingerprint density at radius 3 is 2.74 bits per heavy atom. The van der Waals surface area contributed by atoms with Crippen LogP contribution in [0.4, 0.5) is 5.69 Å². The first-order valence-electron chi connectivity index (χ1n) is 10.1. The number of benzene rings is 1. The quantitative estimate of drug-likeness (QED) is 0.445. The standard InChI is InChI=1S/C21H22N6O3S/c1-25-14-22-24-21(25)31-18-11-10-15(13-17(18)27(29)30)20(28)26-12-6-5-9-19(26)23-16-7-3-2-4-8-16/h5-6,9-14,16H,2-4,7-8H2,1H3. The normalized spacial score (nSPS) is 15.2. The van der Waals surface area contributed by atoms with E-state index in [1.54, 1.807) is 42.1 Å². The van der Waals surface area contributed by atoms with Crippen molar-refractivity contribution in [3.05, 3.63) is 70.1 Å². The number of nitro benzene ring substituents is 1. The Hall–Kier alpha value is -3.27. The van der Waals surface area contributed by atoms with E-state index in [0.717, 1.165) is 37.4 Å². The zero-order valence-corrected chi connectivity index (χ0v) is 17.9. The molecule has 2 heterocycles. The van der Waals surface area contributed by atoms with Crippen LogP contribution in [0.25, 0.3) is 0 Å². The van der Waals surface area contributed by atoms with Crippen LogP contribution >= 0.6 is 11.8 Å². The van der Waals surface area contributed by atoms with Gasteiger partial charge in [-0.2, -0.15) is 0 Å². The van der Waals surface area contributed by atoms with Crippen molar-refractivity contribution in [3.63, 3.8) is 0 Å². The molecule has 0 N–H and O–H groups in total. The van der Waals surface area contributed by atoms with Gasteiger partial charge in [-0.15, -0.1) is 10.2 Å². The third-order valence-electron chi connectivity index (χ3n) is 5.22. The summed E-state index contributed by atoms with van der Waals surface area (Å²) in [6.07, 6.45) is 8.72. The van der Waals surface area contributed by atoms with Gasteiger partial charge < -0.3 is 4.57 Å². The Morgan fingerprint density at radius 2 is 2.03 bits per heavy atom. The number of hydrogen-bond donors (Lipinski definition) is 0. The van der Waals surface area contributed by atoms with Crippen LogP contribution < -0.4 is 5.49 Å². The van der Waals surface area contributed by atoms with E-state index in [0.29, 0.717) is 15.5 Å². The third-order valence-corrected chi connectivity index (χ3v) is 6.34. The molecule has 0 atom stereocenters. The highest BCUT2D eigenvalue weighted by atomic mass is 32.2. The Bertz CT molecular complexity index is 1180. The number of carbonyl (C=O) groups is 1. The number of hydrogen-bond acceptors (Lipinski definition) is 7. The zero-order valence-electron chi connectivity index (χ0n) is 17.0. The lowest BCUT2D eigenvalue weighted by molar-refractivity contribution is -0.387. The summed E-state index contributed by atoms with van der Waals surface area (Å²) in [6, 6.07) is 10.1. The zero-order chi connectivity index (χ0) is 21.8. The lowest BCUT2D eigenvalue weighted by Crippen LogP contribution is -2.29. The SMILES string of the molecule is Cn1cnnc1Sc1ccc(C(=O)n2ccccc2=NC2CCCCC2)cc1[N+](=O)[O-]. The van der Waals surface area contributed by atoms with Gasteiger partial charge in [0, 0.05) is 24.9 Å². The number of aryl methyl sites for hydroxylation is 1. The molecule has 1 saturated carbocycles. The van der Waals surface area contributed by atoms with Crippen LogP contribution in [0.5, 0.6) is 0 Å². The number of pyridine rings is 1. The Morgan fingerprint density at radius 1 is 1.23 bits per heavy atom. The van der Waals surface area contributed by atoms with Crippen LogP contribution in [0.15, 0.2) is 64.0 Å². The Kier molecular flexibility index (Phi) is 6.26.